The zero-order chi connectivity index (χ0) is 17.9. The van der Waals surface area contributed by atoms with Gasteiger partial charge in [-0.1, -0.05) is 6.07 Å². The van der Waals surface area contributed by atoms with Crippen LogP contribution in [0.1, 0.15) is 51.2 Å². The quantitative estimate of drug-likeness (QED) is 0.890. The Morgan fingerprint density at radius 1 is 1.20 bits per heavy atom. The molecule has 1 aromatic carbocycles. The number of ether oxygens (including phenoxy) is 2. The highest BCUT2D eigenvalue weighted by Gasteiger charge is 2.27. The van der Waals surface area contributed by atoms with Gasteiger partial charge in [0, 0.05) is 32.5 Å². The largest absolute Gasteiger partial charge is 0.490 e. The van der Waals surface area contributed by atoms with E-state index in [0.717, 1.165) is 38.1 Å². The molecule has 5 nitrogen and oxygen atoms in total. The maximum atomic E-state index is 12.1. The van der Waals surface area contributed by atoms with Gasteiger partial charge >= 0.3 is 6.09 Å². The highest BCUT2D eigenvalue weighted by molar-refractivity contribution is 5.68. The number of hydrogen-bond acceptors (Lipinski definition) is 4. The lowest BCUT2D eigenvalue weighted by molar-refractivity contribution is 0.0126. The number of amides is 1. The van der Waals surface area contributed by atoms with Gasteiger partial charge in [0.25, 0.3) is 0 Å². The van der Waals surface area contributed by atoms with E-state index in [1.165, 1.54) is 17.5 Å². The minimum Gasteiger partial charge on any atom is -0.490 e. The highest BCUT2D eigenvalue weighted by atomic mass is 16.6. The predicted molar refractivity (Wildman–Crippen MR) is 97.9 cm³/mol. The molecule has 2 aliphatic heterocycles. The first-order chi connectivity index (χ1) is 11.9. The first-order valence-electron chi connectivity index (χ1n) is 9.38. The summed E-state index contributed by atoms with van der Waals surface area (Å²) in [7, 11) is 0. The van der Waals surface area contributed by atoms with Gasteiger partial charge < -0.3 is 19.7 Å². The maximum Gasteiger partial charge on any atom is 0.410 e. The molecule has 5 heteroatoms. The van der Waals surface area contributed by atoms with Crippen LogP contribution in [0.25, 0.3) is 0 Å². The Labute approximate surface area is 150 Å². The van der Waals surface area contributed by atoms with Crippen molar-refractivity contribution in [1.82, 2.24) is 10.2 Å². The van der Waals surface area contributed by atoms with Gasteiger partial charge in [-0.3, -0.25) is 0 Å². The summed E-state index contributed by atoms with van der Waals surface area (Å²) in [5, 5.41) is 3.45. The molecule has 2 aliphatic rings. The minimum atomic E-state index is -0.443. The summed E-state index contributed by atoms with van der Waals surface area (Å²) in [5.74, 6) is 0.955. The summed E-state index contributed by atoms with van der Waals surface area (Å²) >= 11 is 0. The molecule has 25 heavy (non-hydrogen) atoms. The minimum absolute atomic E-state index is 0.167. The Balaban J connectivity index is 1.52. The fourth-order valence-corrected chi connectivity index (χ4v) is 3.38. The SMILES string of the molecule is CC(C)(C)OC(=O)N1CCC(Oc2ccc3c(c2)CCCNC3)CC1. The molecule has 1 fully saturated rings. The summed E-state index contributed by atoms with van der Waals surface area (Å²) in [4.78, 5) is 13.9. The standard InChI is InChI=1S/C20H30N2O3/c1-20(2,3)25-19(23)22-11-8-17(9-12-22)24-18-7-6-16-14-21-10-4-5-15(16)13-18/h6-7,13,17,21H,4-5,8-12,14H2,1-3H3. The second kappa shape index (κ2) is 7.65. The van der Waals surface area contributed by atoms with Crippen molar-refractivity contribution in [1.29, 1.82) is 0 Å². The zero-order valence-electron chi connectivity index (χ0n) is 15.6. The van der Waals surface area contributed by atoms with Crippen molar-refractivity contribution in [3.63, 3.8) is 0 Å². The van der Waals surface area contributed by atoms with E-state index in [1.54, 1.807) is 4.90 Å². The molecule has 0 bridgehead atoms. The molecule has 1 aromatic rings. The molecule has 0 aromatic heterocycles. The van der Waals surface area contributed by atoms with Gasteiger partial charge in [0.2, 0.25) is 0 Å². The van der Waals surface area contributed by atoms with Gasteiger partial charge in [0.05, 0.1) is 0 Å². The van der Waals surface area contributed by atoms with Gasteiger partial charge in [-0.2, -0.15) is 0 Å². The molecule has 1 saturated heterocycles. The topological polar surface area (TPSA) is 50.8 Å². The van der Waals surface area contributed by atoms with Crippen molar-refractivity contribution in [2.45, 2.75) is 64.7 Å². The number of carbonyl (C=O) groups excluding carboxylic acids is 1. The van der Waals surface area contributed by atoms with E-state index >= 15 is 0 Å². The van der Waals surface area contributed by atoms with Crippen LogP contribution < -0.4 is 10.1 Å². The van der Waals surface area contributed by atoms with E-state index in [0.29, 0.717) is 13.1 Å². The van der Waals surface area contributed by atoms with Crippen molar-refractivity contribution in [3.05, 3.63) is 29.3 Å². The summed E-state index contributed by atoms with van der Waals surface area (Å²) in [6, 6.07) is 6.45. The van der Waals surface area contributed by atoms with E-state index in [9.17, 15) is 4.79 Å². The van der Waals surface area contributed by atoms with Crippen molar-refractivity contribution >= 4 is 6.09 Å². The number of piperidine rings is 1. The Bertz CT molecular complexity index is 601. The van der Waals surface area contributed by atoms with Crippen LogP contribution >= 0.6 is 0 Å². The number of nitrogens with one attached hydrogen (secondary N) is 1. The van der Waals surface area contributed by atoms with Crippen LogP contribution in [0.2, 0.25) is 0 Å². The fourth-order valence-electron chi connectivity index (χ4n) is 3.38. The number of likely N-dealkylation sites (tertiary alicyclic amines) is 1. The third-order valence-electron chi connectivity index (χ3n) is 4.69. The van der Waals surface area contributed by atoms with E-state index in [2.05, 4.69) is 23.5 Å². The van der Waals surface area contributed by atoms with E-state index in [-0.39, 0.29) is 12.2 Å². The van der Waals surface area contributed by atoms with Gasteiger partial charge in [-0.15, -0.1) is 0 Å². The van der Waals surface area contributed by atoms with Crippen LogP contribution in [0.3, 0.4) is 0 Å². The molecule has 0 spiro atoms. The Morgan fingerprint density at radius 3 is 2.68 bits per heavy atom. The number of nitrogens with zero attached hydrogens (tertiary/aromatic N) is 1. The van der Waals surface area contributed by atoms with Crippen molar-refractivity contribution in [2.24, 2.45) is 0 Å². The van der Waals surface area contributed by atoms with Crippen LogP contribution in [0.5, 0.6) is 5.75 Å². The molecular weight excluding hydrogens is 316 g/mol. The molecule has 0 radical (unpaired) electrons. The van der Waals surface area contributed by atoms with Crippen LogP contribution in [0.15, 0.2) is 18.2 Å². The Kier molecular flexibility index (Phi) is 5.52. The molecule has 138 valence electrons. The molecule has 1 N–H and O–H groups in total. The molecule has 1 amide bonds. The molecule has 2 heterocycles. The van der Waals surface area contributed by atoms with Crippen LogP contribution in [0.4, 0.5) is 4.79 Å². The normalized spacial score (nSPS) is 19.1. The fraction of sp³-hybridized carbons (Fsp3) is 0.650. The van der Waals surface area contributed by atoms with Crippen molar-refractivity contribution in [2.75, 3.05) is 19.6 Å². The Hall–Kier alpha value is -1.75. The van der Waals surface area contributed by atoms with E-state index in [1.807, 2.05) is 20.8 Å². The number of hydrogen-bond donors (Lipinski definition) is 1. The number of benzene rings is 1. The summed E-state index contributed by atoms with van der Waals surface area (Å²) in [6.07, 6.45) is 3.92. The first kappa shape index (κ1) is 18.1. The second-order valence-corrected chi connectivity index (χ2v) is 8.00. The van der Waals surface area contributed by atoms with Crippen molar-refractivity contribution < 1.29 is 14.3 Å². The van der Waals surface area contributed by atoms with Crippen LogP contribution in [0, 0.1) is 0 Å². The summed E-state index contributed by atoms with van der Waals surface area (Å²) < 4.78 is 11.6. The molecular formula is C20H30N2O3. The zero-order valence-corrected chi connectivity index (χ0v) is 15.6. The predicted octanol–water partition coefficient (Wildman–Crippen LogP) is 3.50. The highest BCUT2D eigenvalue weighted by Crippen LogP contribution is 2.25. The van der Waals surface area contributed by atoms with E-state index in [4.69, 9.17) is 9.47 Å². The number of fused-ring (bicyclic) bond motifs is 1. The second-order valence-electron chi connectivity index (χ2n) is 8.00. The van der Waals surface area contributed by atoms with Crippen LogP contribution in [-0.2, 0) is 17.7 Å². The van der Waals surface area contributed by atoms with Crippen LogP contribution in [-0.4, -0.2) is 42.3 Å². The third kappa shape index (κ3) is 5.11. The monoisotopic (exact) mass is 346 g/mol. The lowest BCUT2D eigenvalue weighted by Gasteiger charge is -2.33. The lowest BCUT2D eigenvalue weighted by atomic mass is 10.0. The van der Waals surface area contributed by atoms with Crippen molar-refractivity contribution in [3.8, 4) is 5.75 Å². The molecule has 0 atom stereocenters. The number of aryl methyl sites for hydroxylation is 1. The molecule has 3 rings (SSSR count). The average Bonchev–Trinajstić information content (AvgIpc) is 2.79. The maximum absolute atomic E-state index is 12.1. The molecule has 0 unspecified atom stereocenters. The molecule has 0 aliphatic carbocycles. The number of carbonyl (C=O) groups is 1. The summed E-state index contributed by atoms with van der Waals surface area (Å²) in [5.41, 5.74) is 2.33. The van der Waals surface area contributed by atoms with Gasteiger partial charge in [0.15, 0.2) is 0 Å². The lowest BCUT2D eigenvalue weighted by Crippen LogP contribution is -2.44. The molecule has 0 saturated carbocycles. The van der Waals surface area contributed by atoms with Gasteiger partial charge in [-0.05, 0) is 63.4 Å². The van der Waals surface area contributed by atoms with Gasteiger partial charge in [-0.25, -0.2) is 4.79 Å². The number of rotatable bonds is 2. The summed E-state index contributed by atoms with van der Waals surface area (Å²) in [6.45, 7) is 9.10. The Morgan fingerprint density at radius 2 is 1.96 bits per heavy atom. The first-order valence-corrected chi connectivity index (χ1v) is 9.38. The smallest absolute Gasteiger partial charge is 0.410 e. The van der Waals surface area contributed by atoms with E-state index < -0.39 is 5.60 Å². The average molecular weight is 346 g/mol. The third-order valence-corrected chi connectivity index (χ3v) is 4.69. The van der Waals surface area contributed by atoms with Gasteiger partial charge in [0.1, 0.15) is 17.5 Å².